The van der Waals surface area contributed by atoms with E-state index in [4.69, 9.17) is 0 Å². The molecule has 4 rings (SSSR count). The third-order valence-electron chi connectivity index (χ3n) is 4.95. The Bertz CT molecular complexity index is 977. The van der Waals surface area contributed by atoms with Gasteiger partial charge in [-0.3, -0.25) is 4.79 Å². The fourth-order valence-corrected chi connectivity index (χ4v) is 3.25. The van der Waals surface area contributed by atoms with Crippen LogP contribution in [0.2, 0.25) is 0 Å². The highest BCUT2D eigenvalue weighted by Crippen LogP contribution is 2.31. The van der Waals surface area contributed by atoms with Gasteiger partial charge >= 0.3 is 6.18 Å². The zero-order valence-electron chi connectivity index (χ0n) is 15.6. The van der Waals surface area contributed by atoms with E-state index in [1.165, 1.54) is 12.1 Å². The van der Waals surface area contributed by atoms with Crippen LogP contribution in [0.15, 0.2) is 67.0 Å². The van der Waals surface area contributed by atoms with Crippen LogP contribution in [0.25, 0.3) is 5.69 Å². The summed E-state index contributed by atoms with van der Waals surface area (Å²) in [7, 11) is 0. The first kappa shape index (κ1) is 19.2. The molecular formula is C22H20F3N3O. The van der Waals surface area contributed by atoms with E-state index in [0.717, 1.165) is 36.2 Å². The number of para-hydroxylation sites is 1. The minimum Gasteiger partial charge on any atom is -0.335 e. The Balaban J connectivity index is 1.44. The lowest BCUT2D eigenvalue weighted by Crippen LogP contribution is -2.33. The van der Waals surface area contributed by atoms with Gasteiger partial charge in [0.15, 0.2) is 0 Å². The molecule has 4 nitrogen and oxygen atoms in total. The molecule has 0 atom stereocenters. The highest BCUT2D eigenvalue weighted by Gasteiger charge is 2.33. The molecule has 1 aliphatic rings. The quantitative estimate of drug-likeness (QED) is 0.606. The number of halogens is 3. The number of nitrogens with zero attached hydrogens (tertiary/aromatic N) is 3. The Labute approximate surface area is 166 Å². The zero-order chi connectivity index (χ0) is 20.4. The molecule has 3 aromatic rings. The summed E-state index contributed by atoms with van der Waals surface area (Å²) in [4.78, 5) is 14.6. The number of benzene rings is 2. The normalized spacial score (nSPS) is 14.0. The predicted molar refractivity (Wildman–Crippen MR) is 102 cm³/mol. The molecule has 0 saturated heterocycles. The molecule has 1 aliphatic carbocycles. The summed E-state index contributed by atoms with van der Waals surface area (Å²) >= 11 is 0. The largest absolute Gasteiger partial charge is 0.416 e. The van der Waals surface area contributed by atoms with Crippen molar-refractivity contribution in [2.75, 3.05) is 0 Å². The Morgan fingerprint density at radius 1 is 1.03 bits per heavy atom. The first-order valence-corrected chi connectivity index (χ1v) is 9.45. The van der Waals surface area contributed by atoms with Gasteiger partial charge < -0.3 is 4.90 Å². The van der Waals surface area contributed by atoms with Gasteiger partial charge in [-0.25, -0.2) is 4.68 Å². The number of carbonyl (C=O) groups is 1. The van der Waals surface area contributed by atoms with Gasteiger partial charge in [0, 0.05) is 18.8 Å². The standard InChI is InChI=1S/C22H20F3N3O/c23-22(24,25)18-8-6-16(7-9-18)14-27(19-10-11-19)21(29)12-17-13-26-28(15-17)20-4-2-1-3-5-20/h1-9,13,15,19H,10-12,14H2. The van der Waals surface area contributed by atoms with Crippen molar-refractivity contribution in [2.45, 2.75) is 38.0 Å². The fourth-order valence-electron chi connectivity index (χ4n) is 3.25. The molecule has 0 spiro atoms. The van der Waals surface area contributed by atoms with E-state index in [1.54, 1.807) is 15.8 Å². The number of alkyl halides is 3. The summed E-state index contributed by atoms with van der Waals surface area (Å²) in [5.41, 5.74) is 1.73. The summed E-state index contributed by atoms with van der Waals surface area (Å²) in [5, 5.41) is 4.32. The molecule has 1 amide bonds. The van der Waals surface area contributed by atoms with E-state index < -0.39 is 11.7 Å². The first-order chi connectivity index (χ1) is 13.9. The second kappa shape index (κ2) is 7.73. The maximum Gasteiger partial charge on any atom is 0.416 e. The lowest BCUT2D eigenvalue weighted by Gasteiger charge is -2.22. The molecule has 1 heterocycles. The maximum atomic E-state index is 12.9. The van der Waals surface area contributed by atoms with Gasteiger partial charge in [-0.05, 0) is 48.2 Å². The lowest BCUT2D eigenvalue weighted by molar-refractivity contribution is -0.137. The van der Waals surface area contributed by atoms with Gasteiger partial charge in [0.2, 0.25) is 5.91 Å². The third kappa shape index (κ3) is 4.67. The Morgan fingerprint density at radius 3 is 2.34 bits per heavy atom. The maximum absolute atomic E-state index is 12.9. The molecular weight excluding hydrogens is 379 g/mol. The molecule has 29 heavy (non-hydrogen) atoms. The van der Waals surface area contributed by atoms with Crippen molar-refractivity contribution in [3.8, 4) is 5.69 Å². The summed E-state index contributed by atoms with van der Waals surface area (Å²) in [5.74, 6) is -0.0417. The van der Waals surface area contributed by atoms with Crippen LogP contribution < -0.4 is 0 Å². The van der Waals surface area contributed by atoms with Crippen molar-refractivity contribution in [1.29, 1.82) is 0 Å². The van der Waals surface area contributed by atoms with E-state index in [1.807, 2.05) is 36.5 Å². The summed E-state index contributed by atoms with van der Waals surface area (Å²) in [6, 6.07) is 14.8. The van der Waals surface area contributed by atoms with Crippen molar-refractivity contribution < 1.29 is 18.0 Å². The Morgan fingerprint density at radius 2 is 1.72 bits per heavy atom. The van der Waals surface area contributed by atoms with E-state index >= 15 is 0 Å². The van der Waals surface area contributed by atoms with Gasteiger partial charge in [0.1, 0.15) is 0 Å². The van der Waals surface area contributed by atoms with Crippen molar-refractivity contribution in [3.63, 3.8) is 0 Å². The molecule has 2 aromatic carbocycles. The smallest absolute Gasteiger partial charge is 0.335 e. The van der Waals surface area contributed by atoms with Crippen LogP contribution in [-0.2, 0) is 23.9 Å². The molecule has 1 saturated carbocycles. The van der Waals surface area contributed by atoms with Crippen molar-refractivity contribution in [3.05, 3.63) is 83.7 Å². The average molecular weight is 399 g/mol. The average Bonchev–Trinajstić information content (AvgIpc) is 3.44. The molecule has 0 bridgehead atoms. The Kier molecular flexibility index (Phi) is 5.13. The number of amides is 1. The van der Waals surface area contributed by atoms with Crippen LogP contribution in [0.5, 0.6) is 0 Å². The monoisotopic (exact) mass is 399 g/mol. The summed E-state index contributed by atoms with van der Waals surface area (Å²) in [6.45, 7) is 0.314. The number of rotatable bonds is 6. The van der Waals surface area contributed by atoms with Crippen LogP contribution in [0.4, 0.5) is 13.2 Å². The molecule has 0 N–H and O–H groups in total. The molecule has 1 aromatic heterocycles. The molecule has 0 unspecified atom stereocenters. The SMILES string of the molecule is O=C(Cc1cnn(-c2ccccc2)c1)N(Cc1ccc(C(F)(F)F)cc1)C1CC1. The third-order valence-corrected chi connectivity index (χ3v) is 4.95. The van der Waals surface area contributed by atoms with Gasteiger partial charge in [0.25, 0.3) is 0 Å². The Hall–Kier alpha value is -3.09. The summed E-state index contributed by atoms with van der Waals surface area (Å²) in [6.07, 6.45) is 1.21. The molecule has 0 radical (unpaired) electrons. The number of hydrogen-bond donors (Lipinski definition) is 0. The van der Waals surface area contributed by atoms with Crippen LogP contribution in [0.3, 0.4) is 0 Å². The van der Waals surface area contributed by atoms with E-state index in [2.05, 4.69) is 5.10 Å². The van der Waals surface area contributed by atoms with Gasteiger partial charge in [0.05, 0.1) is 23.9 Å². The van der Waals surface area contributed by atoms with E-state index in [-0.39, 0.29) is 18.4 Å². The van der Waals surface area contributed by atoms with Crippen LogP contribution in [-0.4, -0.2) is 26.6 Å². The minimum absolute atomic E-state index is 0.0417. The highest BCUT2D eigenvalue weighted by molar-refractivity contribution is 5.79. The first-order valence-electron chi connectivity index (χ1n) is 9.45. The van der Waals surface area contributed by atoms with Gasteiger partial charge in [-0.1, -0.05) is 30.3 Å². The highest BCUT2D eigenvalue weighted by atomic mass is 19.4. The van der Waals surface area contributed by atoms with Crippen LogP contribution >= 0.6 is 0 Å². The predicted octanol–water partition coefficient (Wildman–Crippen LogP) is 4.62. The van der Waals surface area contributed by atoms with Crippen LogP contribution in [0, 0.1) is 0 Å². The second-order valence-corrected chi connectivity index (χ2v) is 7.25. The molecule has 150 valence electrons. The zero-order valence-corrected chi connectivity index (χ0v) is 15.6. The van der Waals surface area contributed by atoms with E-state index in [9.17, 15) is 18.0 Å². The summed E-state index contributed by atoms with van der Waals surface area (Å²) < 4.78 is 40.0. The van der Waals surface area contributed by atoms with Crippen LogP contribution in [0.1, 0.15) is 29.5 Å². The fraction of sp³-hybridized carbons (Fsp3) is 0.273. The number of aromatic nitrogens is 2. The second-order valence-electron chi connectivity index (χ2n) is 7.25. The van der Waals surface area contributed by atoms with Gasteiger partial charge in [-0.2, -0.15) is 18.3 Å². The van der Waals surface area contributed by atoms with E-state index in [0.29, 0.717) is 12.1 Å². The number of hydrogen-bond acceptors (Lipinski definition) is 2. The number of carbonyl (C=O) groups excluding carboxylic acids is 1. The van der Waals surface area contributed by atoms with Crippen molar-refractivity contribution in [2.24, 2.45) is 0 Å². The van der Waals surface area contributed by atoms with Gasteiger partial charge in [-0.15, -0.1) is 0 Å². The lowest BCUT2D eigenvalue weighted by atomic mass is 10.1. The van der Waals surface area contributed by atoms with Crippen molar-refractivity contribution in [1.82, 2.24) is 14.7 Å². The minimum atomic E-state index is -4.36. The molecule has 1 fully saturated rings. The van der Waals surface area contributed by atoms with Crippen molar-refractivity contribution >= 4 is 5.91 Å². The molecule has 0 aliphatic heterocycles. The topological polar surface area (TPSA) is 38.1 Å². The molecule has 7 heteroatoms.